The highest BCUT2D eigenvalue weighted by Crippen LogP contribution is 2.31. The van der Waals surface area contributed by atoms with Gasteiger partial charge in [0.15, 0.2) is 0 Å². The van der Waals surface area contributed by atoms with E-state index in [-0.39, 0.29) is 12.1 Å². The first-order valence-corrected chi connectivity index (χ1v) is 7.99. The van der Waals surface area contributed by atoms with Crippen LogP contribution < -0.4 is 5.32 Å². The van der Waals surface area contributed by atoms with Crippen molar-refractivity contribution in [3.8, 4) is 0 Å². The highest BCUT2D eigenvalue weighted by atomic mass is 79.9. The summed E-state index contributed by atoms with van der Waals surface area (Å²) < 4.78 is 1.08. The molecule has 106 valence electrons. The Balaban J connectivity index is 2.13. The van der Waals surface area contributed by atoms with Crippen LogP contribution in [0, 0.1) is 0 Å². The molecular formula is C16H16BrCl2N. The van der Waals surface area contributed by atoms with Crippen molar-refractivity contribution in [3.63, 3.8) is 0 Å². The topological polar surface area (TPSA) is 12.0 Å². The standard InChI is InChI=1S/C16H16BrCl2N/c1-10(12-6-8-13(17)9-7-12)20-11(2)14-4-3-5-15(18)16(14)19/h3-11,20H,1-2H3. The molecule has 0 aliphatic heterocycles. The van der Waals surface area contributed by atoms with Gasteiger partial charge in [0.05, 0.1) is 10.0 Å². The van der Waals surface area contributed by atoms with Crippen molar-refractivity contribution < 1.29 is 0 Å². The second-order valence-corrected chi connectivity index (χ2v) is 6.51. The Kier molecular flexibility index (Phi) is 5.50. The first kappa shape index (κ1) is 15.8. The van der Waals surface area contributed by atoms with Crippen molar-refractivity contribution in [2.45, 2.75) is 25.9 Å². The summed E-state index contributed by atoms with van der Waals surface area (Å²) >= 11 is 15.8. The third kappa shape index (κ3) is 3.76. The number of rotatable bonds is 4. The number of hydrogen-bond donors (Lipinski definition) is 1. The van der Waals surface area contributed by atoms with Crippen molar-refractivity contribution in [1.29, 1.82) is 0 Å². The van der Waals surface area contributed by atoms with E-state index in [1.54, 1.807) is 6.07 Å². The normalized spacial score (nSPS) is 14.1. The summed E-state index contributed by atoms with van der Waals surface area (Å²) in [5.74, 6) is 0. The monoisotopic (exact) mass is 371 g/mol. The van der Waals surface area contributed by atoms with E-state index in [9.17, 15) is 0 Å². The van der Waals surface area contributed by atoms with E-state index in [0.717, 1.165) is 10.0 Å². The van der Waals surface area contributed by atoms with Gasteiger partial charge >= 0.3 is 0 Å². The van der Waals surface area contributed by atoms with Gasteiger partial charge in [-0.05, 0) is 43.2 Å². The van der Waals surface area contributed by atoms with Crippen molar-refractivity contribution in [1.82, 2.24) is 5.32 Å². The van der Waals surface area contributed by atoms with Crippen LogP contribution in [-0.2, 0) is 0 Å². The van der Waals surface area contributed by atoms with Crippen LogP contribution >= 0.6 is 39.1 Å². The van der Waals surface area contributed by atoms with Gasteiger partial charge in [0.25, 0.3) is 0 Å². The maximum absolute atomic E-state index is 6.26. The zero-order valence-electron chi connectivity index (χ0n) is 11.3. The number of halogens is 3. The average molecular weight is 373 g/mol. The smallest absolute Gasteiger partial charge is 0.0639 e. The maximum Gasteiger partial charge on any atom is 0.0639 e. The molecule has 0 saturated heterocycles. The molecule has 0 fully saturated rings. The minimum atomic E-state index is 0.125. The highest BCUT2D eigenvalue weighted by Gasteiger charge is 2.14. The van der Waals surface area contributed by atoms with Gasteiger partial charge in [-0.3, -0.25) is 0 Å². The van der Waals surface area contributed by atoms with Gasteiger partial charge in [0, 0.05) is 16.6 Å². The van der Waals surface area contributed by atoms with E-state index in [1.165, 1.54) is 5.56 Å². The molecule has 1 N–H and O–H groups in total. The van der Waals surface area contributed by atoms with Crippen LogP contribution in [0.25, 0.3) is 0 Å². The summed E-state index contributed by atoms with van der Waals surface area (Å²) in [7, 11) is 0. The predicted octanol–water partition coefficient (Wildman–Crippen LogP) is 6.17. The summed E-state index contributed by atoms with van der Waals surface area (Å²) in [5.41, 5.74) is 2.25. The zero-order valence-corrected chi connectivity index (χ0v) is 14.4. The summed E-state index contributed by atoms with van der Waals surface area (Å²) in [6.07, 6.45) is 0. The van der Waals surface area contributed by atoms with E-state index in [2.05, 4.69) is 47.2 Å². The zero-order chi connectivity index (χ0) is 14.7. The molecule has 0 radical (unpaired) electrons. The van der Waals surface area contributed by atoms with E-state index < -0.39 is 0 Å². The van der Waals surface area contributed by atoms with E-state index in [1.807, 2.05) is 24.3 Å². The first-order chi connectivity index (χ1) is 9.49. The minimum absolute atomic E-state index is 0.125. The lowest BCUT2D eigenvalue weighted by molar-refractivity contribution is 0.495. The third-order valence-electron chi connectivity index (χ3n) is 3.32. The molecule has 1 nitrogen and oxygen atoms in total. The van der Waals surface area contributed by atoms with E-state index in [4.69, 9.17) is 23.2 Å². The lowest BCUT2D eigenvalue weighted by Crippen LogP contribution is -2.22. The Hall–Kier alpha value is -0.540. The van der Waals surface area contributed by atoms with Crippen molar-refractivity contribution in [2.75, 3.05) is 0 Å². The summed E-state index contributed by atoms with van der Waals surface area (Å²) in [6.45, 7) is 4.23. The summed E-state index contributed by atoms with van der Waals surface area (Å²) in [4.78, 5) is 0. The molecular weight excluding hydrogens is 357 g/mol. The summed E-state index contributed by atoms with van der Waals surface area (Å²) in [5, 5.41) is 4.76. The lowest BCUT2D eigenvalue weighted by Gasteiger charge is -2.22. The number of benzene rings is 2. The molecule has 2 aromatic carbocycles. The molecule has 0 aliphatic rings. The SMILES string of the molecule is CC(NC(C)c1cccc(Cl)c1Cl)c1ccc(Br)cc1. The van der Waals surface area contributed by atoms with Crippen LogP contribution in [0.5, 0.6) is 0 Å². The second kappa shape index (κ2) is 6.95. The van der Waals surface area contributed by atoms with Crippen molar-refractivity contribution in [2.24, 2.45) is 0 Å². The Morgan fingerprint density at radius 3 is 2.25 bits per heavy atom. The Bertz CT molecular complexity index is 584. The quantitative estimate of drug-likeness (QED) is 0.676. The van der Waals surface area contributed by atoms with Crippen LogP contribution in [0.2, 0.25) is 10.0 Å². The molecule has 0 bridgehead atoms. The van der Waals surface area contributed by atoms with Crippen molar-refractivity contribution >= 4 is 39.1 Å². The van der Waals surface area contributed by atoms with E-state index in [0.29, 0.717) is 10.0 Å². The summed E-state index contributed by atoms with van der Waals surface area (Å²) in [6, 6.07) is 14.4. The molecule has 0 aliphatic carbocycles. The Morgan fingerprint density at radius 2 is 1.60 bits per heavy atom. The lowest BCUT2D eigenvalue weighted by atomic mass is 10.0. The molecule has 2 atom stereocenters. The minimum Gasteiger partial charge on any atom is -0.304 e. The van der Waals surface area contributed by atoms with Gasteiger partial charge in [-0.1, -0.05) is 63.4 Å². The van der Waals surface area contributed by atoms with Gasteiger partial charge in [-0.25, -0.2) is 0 Å². The molecule has 20 heavy (non-hydrogen) atoms. The van der Waals surface area contributed by atoms with Crippen LogP contribution in [0.15, 0.2) is 46.9 Å². The van der Waals surface area contributed by atoms with Crippen LogP contribution in [0.1, 0.15) is 37.1 Å². The van der Waals surface area contributed by atoms with Gasteiger partial charge in [0.1, 0.15) is 0 Å². The largest absolute Gasteiger partial charge is 0.304 e. The van der Waals surface area contributed by atoms with Crippen molar-refractivity contribution in [3.05, 3.63) is 68.1 Å². The van der Waals surface area contributed by atoms with Gasteiger partial charge < -0.3 is 5.32 Å². The molecule has 0 heterocycles. The fourth-order valence-corrected chi connectivity index (χ4v) is 2.90. The molecule has 4 heteroatoms. The highest BCUT2D eigenvalue weighted by molar-refractivity contribution is 9.10. The van der Waals surface area contributed by atoms with Gasteiger partial charge in [0.2, 0.25) is 0 Å². The fraction of sp³-hybridized carbons (Fsp3) is 0.250. The maximum atomic E-state index is 6.26. The van der Waals surface area contributed by atoms with Gasteiger partial charge in [-0.15, -0.1) is 0 Å². The first-order valence-electron chi connectivity index (χ1n) is 6.44. The molecule has 0 aromatic heterocycles. The van der Waals surface area contributed by atoms with Gasteiger partial charge in [-0.2, -0.15) is 0 Å². The Morgan fingerprint density at radius 1 is 0.950 bits per heavy atom. The molecule has 2 unspecified atom stereocenters. The molecule has 0 amide bonds. The third-order valence-corrected chi connectivity index (χ3v) is 4.68. The Labute approximate surface area is 138 Å². The second-order valence-electron chi connectivity index (χ2n) is 4.80. The molecule has 2 aromatic rings. The number of hydrogen-bond acceptors (Lipinski definition) is 1. The van der Waals surface area contributed by atoms with Crippen LogP contribution in [-0.4, -0.2) is 0 Å². The number of nitrogens with one attached hydrogen (secondary N) is 1. The van der Waals surface area contributed by atoms with Crippen LogP contribution in [0.4, 0.5) is 0 Å². The van der Waals surface area contributed by atoms with E-state index >= 15 is 0 Å². The fourth-order valence-electron chi connectivity index (χ4n) is 2.17. The van der Waals surface area contributed by atoms with Crippen LogP contribution in [0.3, 0.4) is 0 Å². The molecule has 0 saturated carbocycles. The molecule has 2 rings (SSSR count). The predicted molar refractivity (Wildman–Crippen MR) is 90.6 cm³/mol. The average Bonchev–Trinajstić information content (AvgIpc) is 2.42. The molecule has 0 spiro atoms.